The topological polar surface area (TPSA) is 565 Å². The molecule has 0 heterocycles. The van der Waals surface area contributed by atoms with Crippen molar-refractivity contribution in [3.05, 3.63) is 0 Å². The summed E-state index contributed by atoms with van der Waals surface area (Å²) < 4.78 is 0. The second-order valence-corrected chi connectivity index (χ2v) is 9.98. The molecule has 20 N–H and O–H groups in total. The molecule has 0 aliphatic rings. The van der Waals surface area contributed by atoms with Gasteiger partial charge in [0.25, 0.3) is 0 Å². The van der Waals surface area contributed by atoms with Crippen molar-refractivity contribution in [1.29, 1.82) is 0 Å². The fourth-order valence-corrected chi connectivity index (χ4v) is 2.65. The van der Waals surface area contributed by atoms with E-state index in [9.17, 15) is 39.6 Å². The molecule has 0 aromatic heterocycles. The molecular formula is C24H44O28PbZn. The molecule has 28 nitrogen and oxygen atoms in total. The van der Waals surface area contributed by atoms with Gasteiger partial charge in [0.15, 0.2) is 0 Å². The number of carbonyl (C=O) groups is 4. The van der Waals surface area contributed by atoms with E-state index in [1.165, 1.54) is 0 Å². The molecule has 16 atom stereocenters. The van der Waals surface area contributed by atoms with Crippen LogP contribution in [0.25, 0.3) is 0 Å². The molecule has 2 radical (unpaired) electrons. The normalized spacial score (nSPS) is 19.6. The number of rotatable bonds is 20. The van der Waals surface area contributed by atoms with Gasteiger partial charge < -0.3 is 142 Å². The van der Waals surface area contributed by atoms with Crippen LogP contribution in [0, 0.1) is 0 Å². The Morgan fingerprint density at radius 3 is 0.500 bits per heavy atom. The van der Waals surface area contributed by atoms with Gasteiger partial charge in [0, 0.05) is 0 Å². The molecular weight excluding hydrogens is 1010 g/mol. The first-order valence-corrected chi connectivity index (χ1v) is 13.8. The fourth-order valence-electron chi connectivity index (χ4n) is 2.65. The Morgan fingerprint density at radius 1 is 0.315 bits per heavy atom. The molecule has 0 aromatic carbocycles. The average Bonchev–Trinajstić information content (AvgIpc) is 3.12. The zero-order valence-corrected chi connectivity index (χ0v) is 34.3. The molecule has 0 spiro atoms. The molecule has 54 heavy (non-hydrogen) atoms. The molecule has 314 valence electrons. The van der Waals surface area contributed by atoms with Gasteiger partial charge in [-0.15, -0.1) is 0 Å². The second-order valence-electron chi connectivity index (χ2n) is 9.98. The van der Waals surface area contributed by atoms with Crippen molar-refractivity contribution in [1.82, 2.24) is 0 Å². The van der Waals surface area contributed by atoms with Crippen molar-refractivity contribution in [2.45, 2.75) is 97.7 Å². The fraction of sp³-hybridized carbons (Fsp3) is 0.833. The largest absolute Gasteiger partial charge is 2.00 e. The number of aliphatic hydroxyl groups is 20. The smallest absolute Gasteiger partial charge is 0.547 e. The van der Waals surface area contributed by atoms with Crippen LogP contribution in [-0.2, 0) is 38.7 Å². The number of carboxylic acids is 4. The predicted octanol–water partition coefficient (Wildman–Crippen LogP) is -19.7. The molecule has 0 saturated heterocycles. The van der Waals surface area contributed by atoms with Crippen LogP contribution >= 0.6 is 0 Å². The summed E-state index contributed by atoms with van der Waals surface area (Å²) in [5, 5.41) is 214. The molecule has 0 aliphatic carbocycles. The second kappa shape index (κ2) is 33.7. The first kappa shape index (κ1) is 64.5. The molecule has 0 rings (SSSR count). The van der Waals surface area contributed by atoms with E-state index in [1.54, 1.807) is 0 Å². The first-order valence-electron chi connectivity index (χ1n) is 13.8. The minimum Gasteiger partial charge on any atom is -0.547 e. The van der Waals surface area contributed by atoms with E-state index >= 15 is 0 Å². The molecule has 0 aliphatic heterocycles. The summed E-state index contributed by atoms with van der Waals surface area (Å²) in [6.45, 7) is -3.45. The summed E-state index contributed by atoms with van der Waals surface area (Å²) in [6, 6.07) is 0. The van der Waals surface area contributed by atoms with Crippen LogP contribution < -0.4 is 20.4 Å². The van der Waals surface area contributed by atoms with Crippen molar-refractivity contribution < 1.29 is 161 Å². The van der Waals surface area contributed by atoms with E-state index in [1.807, 2.05) is 0 Å². The van der Waals surface area contributed by atoms with Gasteiger partial charge in [-0.05, 0) is 0 Å². The van der Waals surface area contributed by atoms with E-state index in [2.05, 4.69) is 0 Å². The summed E-state index contributed by atoms with van der Waals surface area (Å²) in [4.78, 5) is 39.9. The van der Waals surface area contributed by atoms with Gasteiger partial charge in [-0.3, -0.25) is 0 Å². The summed E-state index contributed by atoms with van der Waals surface area (Å²) >= 11 is 0. The van der Waals surface area contributed by atoms with Gasteiger partial charge in [-0.25, -0.2) is 0 Å². The summed E-state index contributed by atoms with van der Waals surface area (Å²) in [5.74, 6) is -7.90. The van der Waals surface area contributed by atoms with Crippen LogP contribution in [0.15, 0.2) is 0 Å². The van der Waals surface area contributed by atoms with E-state index in [0.29, 0.717) is 0 Å². The minimum absolute atomic E-state index is 0. The van der Waals surface area contributed by atoms with Crippen molar-refractivity contribution >= 4 is 51.2 Å². The van der Waals surface area contributed by atoms with Gasteiger partial charge in [-0.2, -0.15) is 0 Å². The number of carbonyl (C=O) groups excluding carboxylic acids is 4. The van der Waals surface area contributed by atoms with Crippen LogP contribution in [0.5, 0.6) is 0 Å². The number of carboxylic acid groups (broad SMARTS) is 4. The SMILES string of the molecule is O=C([O-])C(O)C(O)C(O)C(O)CO.O=C([O-])C(O)C(O)C(O)C(O)CO.O=C([O-])C(O)C(O)C(O)C(O)CO.O=C([O-])C(O)C(O)C(O)C(O)CO.[Pb+2].[Zn+2]. The quantitative estimate of drug-likeness (QED) is 0.0504. The van der Waals surface area contributed by atoms with Gasteiger partial charge in [-0.1, -0.05) is 0 Å². The van der Waals surface area contributed by atoms with Crippen LogP contribution in [-0.4, -0.2) is 277 Å². The first-order chi connectivity index (χ1) is 23.7. The van der Waals surface area contributed by atoms with Gasteiger partial charge in [0.2, 0.25) is 0 Å². The summed E-state index contributed by atoms with van der Waals surface area (Å²) in [5.41, 5.74) is 0. The van der Waals surface area contributed by atoms with Crippen LogP contribution in [0.1, 0.15) is 0 Å². The maximum absolute atomic E-state index is 9.98. The van der Waals surface area contributed by atoms with Crippen molar-refractivity contribution in [2.24, 2.45) is 0 Å². The Hall–Kier alpha value is -1.37. The number of hydrogen-bond donors (Lipinski definition) is 20. The van der Waals surface area contributed by atoms with Crippen LogP contribution in [0.3, 0.4) is 0 Å². The molecule has 30 heteroatoms. The average molecular weight is 1050 g/mol. The molecule has 0 saturated carbocycles. The van der Waals surface area contributed by atoms with Crippen molar-refractivity contribution in [3.63, 3.8) is 0 Å². The molecule has 0 fully saturated rings. The van der Waals surface area contributed by atoms with Crippen LogP contribution in [0.4, 0.5) is 0 Å². The van der Waals surface area contributed by atoms with E-state index in [0.717, 1.165) is 0 Å². The monoisotopic (exact) mass is 1050 g/mol. The zero-order valence-electron chi connectivity index (χ0n) is 27.5. The van der Waals surface area contributed by atoms with Gasteiger partial charge in [0.1, 0.15) is 97.7 Å². The van der Waals surface area contributed by atoms with Gasteiger partial charge in [0.05, 0.1) is 50.3 Å². The Balaban J connectivity index is -0.000000140. The zero-order chi connectivity index (χ0) is 42.4. The maximum atomic E-state index is 9.98. The van der Waals surface area contributed by atoms with E-state index in [4.69, 9.17) is 102 Å². The van der Waals surface area contributed by atoms with Gasteiger partial charge >= 0.3 is 46.8 Å². The molecule has 0 bridgehead atoms. The Bertz CT molecular complexity index is 848. The molecule has 16 unspecified atom stereocenters. The minimum atomic E-state index is -2.31. The summed E-state index contributed by atoms with van der Waals surface area (Å²) in [7, 11) is 0. The summed E-state index contributed by atoms with van der Waals surface area (Å²) in [6.07, 6.45) is -32.3. The molecule has 0 amide bonds. The maximum Gasteiger partial charge on any atom is 2.00 e. The number of aliphatic carboxylic acids is 4. The third-order valence-electron chi connectivity index (χ3n) is 5.98. The third-order valence-corrected chi connectivity index (χ3v) is 5.98. The third kappa shape index (κ3) is 25.0. The predicted molar refractivity (Wildman–Crippen MR) is 150 cm³/mol. The Morgan fingerprint density at radius 2 is 0.426 bits per heavy atom. The van der Waals surface area contributed by atoms with E-state index < -0.39 is 148 Å². The van der Waals surface area contributed by atoms with E-state index in [-0.39, 0.29) is 46.8 Å². The standard InChI is InChI=1S/4C6H12O7.Pb.Zn/c4*7-1-2(8)3(9)4(10)5(11)6(12)13;;/h4*2-5,7-11H,1H2,(H,12,13);;/q;;;;2*+2/p-4. The molecule has 0 aromatic rings. The number of hydrogen-bond acceptors (Lipinski definition) is 28. The van der Waals surface area contributed by atoms with Crippen molar-refractivity contribution in [3.8, 4) is 0 Å². The Kier molecular flexibility index (Phi) is 40.3. The van der Waals surface area contributed by atoms with Crippen molar-refractivity contribution in [2.75, 3.05) is 26.4 Å². The number of aliphatic hydroxyl groups excluding tert-OH is 20. The van der Waals surface area contributed by atoms with Crippen LogP contribution in [0.2, 0.25) is 0 Å². The Labute approximate surface area is 335 Å².